The van der Waals surface area contributed by atoms with E-state index in [1.54, 1.807) is 0 Å². The van der Waals surface area contributed by atoms with Crippen molar-refractivity contribution in [3.8, 4) is 0 Å². The monoisotopic (exact) mass is 749 g/mol. The Morgan fingerprint density at radius 2 is 0.731 bits per heavy atom. The Morgan fingerprint density at radius 3 is 1.04 bits per heavy atom. The third-order valence-corrected chi connectivity index (χ3v) is 6.28. The lowest BCUT2D eigenvalue weighted by molar-refractivity contribution is -0.0286. The van der Waals surface area contributed by atoms with Crippen molar-refractivity contribution in [2.75, 3.05) is 172 Å². The van der Waals surface area contributed by atoms with Gasteiger partial charge in [-0.3, -0.25) is 0 Å². The van der Waals surface area contributed by atoms with E-state index < -0.39 is 6.09 Å². The van der Waals surface area contributed by atoms with Crippen LogP contribution >= 0.6 is 0 Å². The van der Waals surface area contributed by atoms with Crippen molar-refractivity contribution in [1.82, 2.24) is 5.32 Å². The van der Waals surface area contributed by atoms with E-state index in [1.165, 1.54) is 6.26 Å². The zero-order valence-corrected chi connectivity index (χ0v) is 30.9. The number of alkyl carbamates (subject to hydrolysis) is 1. The number of ether oxygens (including phenoxy) is 14. The third kappa shape index (κ3) is 37.3. The maximum atomic E-state index is 11.6. The zero-order chi connectivity index (χ0) is 37.1. The Balaban J connectivity index is 1.62. The first-order valence-corrected chi connectivity index (χ1v) is 17.9. The normalized spacial score (nSPS) is 11.2. The quantitative estimate of drug-likeness (QED) is 0.0766. The van der Waals surface area contributed by atoms with Crippen LogP contribution in [-0.2, 0) is 72.9 Å². The molecule has 0 atom stereocenters. The lowest BCUT2D eigenvalue weighted by Crippen LogP contribution is -2.28. The minimum atomic E-state index is -0.471. The molecule has 1 N–H and O–H groups in total. The molecular formula is C36H63NO15. The van der Waals surface area contributed by atoms with Crippen molar-refractivity contribution in [1.29, 1.82) is 0 Å². The molecule has 0 aliphatic heterocycles. The summed E-state index contributed by atoms with van der Waals surface area (Å²) < 4.78 is 75.4. The number of hydrogen-bond donors (Lipinski definition) is 1. The van der Waals surface area contributed by atoms with Gasteiger partial charge in [-0.25, -0.2) is 4.79 Å². The van der Waals surface area contributed by atoms with Crippen LogP contribution in [0.5, 0.6) is 0 Å². The Labute approximate surface area is 309 Å². The molecule has 0 aliphatic rings. The second kappa shape index (κ2) is 41.3. The third-order valence-electron chi connectivity index (χ3n) is 6.28. The molecule has 0 radical (unpaired) electrons. The fourth-order valence-electron chi connectivity index (χ4n) is 3.71. The van der Waals surface area contributed by atoms with Crippen molar-refractivity contribution in [2.45, 2.75) is 6.61 Å². The molecule has 1 rings (SSSR count). The molecule has 52 heavy (non-hydrogen) atoms. The van der Waals surface area contributed by atoms with E-state index in [0.717, 1.165) is 5.56 Å². The van der Waals surface area contributed by atoms with E-state index in [9.17, 15) is 4.79 Å². The van der Waals surface area contributed by atoms with Crippen LogP contribution < -0.4 is 5.32 Å². The Bertz CT molecular complexity index is 871. The average Bonchev–Trinajstić information content (AvgIpc) is 3.16. The molecule has 0 heterocycles. The van der Waals surface area contributed by atoms with Crippen molar-refractivity contribution < 1.29 is 71.1 Å². The number of hydrogen-bond acceptors (Lipinski definition) is 15. The van der Waals surface area contributed by atoms with Gasteiger partial charge in [0.25, 0.3) is 0 Å². The molecule has 1 aromatic rings. The number of rotatable bonds is 42. The lowest BCUT2D eigenvalue weighted by atomic mass is 10.2. The van der Waals surface area contributed by atoms with E-state index in [-0.39, 0.29) is 6.61 Å². The molecule has 16 nitrogen and oxygen atoms in total. The summed E-state index contributed by atoms with van der Waals surface area (Å²) in [5.74, 6) is 0. The summed E-state index contributed by atoms with van der Waals surface area (Å²) in [4.78, 5) is 11.6. The van der Waals surface area contributed by atoms with E-state index in [2.05, 4.69) is 11.9 Å². The molecule has 0 unspecified atom stereocenters. The Morgan fingerprint density at radius 1 is 0.442 bits per heavy atom. The van der Waals surface area contributed by atoms with Gasteiger partial charge < -0.3 is 71.6 Å². The van der Waals surface area contributed by atoms with Crippen LogP contribution in [0.25, 0.3) is 0 Å². The second-order valence-corrected chi connectivity index (χ2v) is 10.4. The molecule has 302 valence electrons. The van der Waals surface area contributed by atoms with Crippen LogP contribution in [0.4, 0.5) is 4.79 Å². The molecule has 0 fully saturated rings. The van der Waals surface area contributed by atoms with Gasteiger partial charge in [-0.1, -0.05) is 36.9 Å². The number of nitrogens with one attached hydrogen (secondary N) is 1. The van der Waals surface area contributed by atoms with Gasteiger partial charge in [0.15, 0.2) is 0 Å². The highest BCUT2D eigenvalue weighted by Crippen LogP contribution is 2.00. The molecule has 0 aliphatic carbocycles. The highest BCUT2D eigenvalue weighted by Gasteiger charge is 2.02. The standard InChI is InChI=1S/C36H63NO15/c1-2-39-10-11-41-14-15-43-18-19-45-22-23-47-26-27-49-30-31-51-33-32-50-29-28-48-25-24-46-21-20-44-17-16-42-13-12-40-9-8-37-36(38)52-34-35-6-4-3-5-7-35/h2-7H,1,8-34H2,(H,37,38). The van der Waals surface area contributed by atoms with E-state index >= 15 is 0 Å². The van der Waals surface area contributed by atoms with Gasteiger partial charge in [0.05, 0.1) is 165 Å². The predicted molar refractivity (Wildman–Crippen MR) is 191 cm³/mol. The molecule has 0 bridgehead atoms. The first kappa shape index (κ1) is 47.6. The summed E-state index contributed by atoms with van der Waals surface area (Å²) in [6.45, 7) is 16.2. The van der Waals surface area contributed by atoms with Crippen molar-refractivity contribution in [3.05, 3.63) is 48.7 Å². The first-order chi connectivity index (χ1) is 25.8. The van der Waals surface area contributed by atoms with E-state index in [4.69, 9.17) is 66.3 Å². The van der Waals surface area contributed by atoms with Gasteiger partial charge in [0.2, 0.25) is 0 Å². The maximum absolute atomic E-state index is 11.6. The van der Waals surface area contributed by atoms with E-state index in [1.807, 2.05) is 30.3 Å². The number of carbonyl (C=O) groups is 1. The number of benzene rings is 1. The van der Waals surface area contributed by atoms with Crippen LogP contribution in [0, 0.1) is 0 Å². The largest absolute Gasteiger partial charge is 0.499 e. The van der Waals surface area contributed by atoms with Crippen LogP contribution in [0.3, 0.4) is 0 Å². The minimum absolute atomic E-state index is 0.235. The summed E-state index contributed by atoms with van der Waals surface area (Å²) in [5.41, 5.74) is 0.936. The average molecular weight is 750 g/mol. The fraction of sp³-hybridized carbons (Fsp3) is 0.750. The summed E-state index contributed by atoms with van der Waals surface area (Å²) in [6, 6.07) is 9.50. The van der Waals surface area contributed by atoms with Gasteiger partial charge in [0, 0.05) is 6.54 Å². The molecular weight excluding hydrogens is 686 g/mol. The van der Waals surface area contributed by atoms with Crippen molar-refractivity contribution in [3.63, 3.8) is 0 Å². The van der Waals surface area contributed by atoms with Gasteiger partial charge in [-0.05, 0) is 5.56 Å². The zero-order valence-electron chi connectivity index (χ0n) is 30.9. The SMILES string of the molecule is C=COCCOCCOCCOCCOCCOCCOCCOCCOCCOCCOCCOCCOCCNC(=O)OCc1ccccc1. The van der Waals surface area contributed by atoms with Crippen molar-refractivity contribution >= 4 is 6.09 Å². The molecule has 1 aromatic carbocycles. The molecule has 0 aromatic heterocycles. The molecule has 0 saturated heterocycles. The molecule has 0 spiro atoms. The van der Waals surface area contributed by atoms with Crippen LogP contribution in [-0.4, -0.2) is 178 Å². The van der Waals surface area contributed by atoms with Gasteiger partial charge >= 0.3 is 6.09 Å². The first-order valence-electron chi connectivity index (χ1n) is 17.9. The predicted octanol–water partition coefficient (Wildman–Crippen LogP) is 2.27. The van der Waals surface area contributed by atoms with Gasteiger partial charge in [0.1, 0.15) is 13.2 Å². The molecule has 1 amide bonds. The highest BCUT2D eigenvalue weighted by atomic mass is 16.6. The number of amides is 1. The van der Waals surface area contributed by atoms with Crippen LogP contribution in [0.15, 0.2) is 43.2 Å². The van der Waals surface area contributed by atoms with E-state index in [0.29, 0.717) is 172 Å². The summed E-state index contributed by atoms with van der Waals surface area (Å²) >= 11 is 0. The molecule has 16 heteroatoms. The second-order valence-electron chi connectivity index (χ2n) is 10.4. The topological polar surface area (TPSA) is 158 Å². The lowest BCUT2D eigenvalue weighted by Gasteiger charge is -2.09. The smallest absolute Gasteiger partial charge is 0.407 e. The fourth-order valence-corrected chi connectivity index (χ4v) is 3.71. The maximum Gasteiger partial charge on any atom is 0.407 e. The van der Waals surface area contributed by atoms with Gasteiger partial charge in [-0.15, -0.1) is 0 Å². The number of carbonyl (C=O) groups excluding carboxylic acids is 1. The summed E-state index contributed by atoms with van der Waals surface area (Å²) in [6.07, 6.45) is 0.922. The minimum Gasteiger partial charge on any atom is -0.499 e. The van der Waals surface area contributed by atoms with Gasteiger partial charge in [-0.2, -0.15) is 0 Å². The van der Waals surface area contributed by atoms with Crippen molar-refractivity contribution in [2.24, 2.45) is 0 Å². The summed E-state index contributed by atoms with van der Waals surface area (Å²) in [7, 11) is 0. The van der Waals surface area contributed by atoms with Crippen LogP contribution in [0.1, 0.15) is 5.56 Å². The summed E-state index contributed by atoms with van der Waals surface area (Å²) in [5, 5.41) is 2.64. The molecule has 0 saturated carbocycles. The van der Waals surface area contributed by atoms with Crippen LogP contribution in [0.2, 0.25) is 0 Å². The highest BCUT2D eigenvalue weighted by molar-refractivity contribution is 5.67. The Hall–Kier alpha value is -2.45. The Kier molecular flexibility index (Phi) is 37.8.